The lowest BCUT2D eigenvalue weighted by molar-refractivity contribution is -0.132. The summed E-state index contributed by atoms with van der Waals surface area (Å²) >= 11 is 0. The number of likely N-dealkylation sites (N-methyl/N-ethyl adjacent to an activating group) is 1. The molecule has 5 nitrogen and oxygen atoms in total. The smallest absolute Gasteiger partial charge is 0.229 e. The number of aliphatic hydroxyl groups excluding tert-OH is 1. The second-order valence-corrected chi connectivity index (χ2v) is 8.62. The lowest BCUT2D eigenvalue weighted by Crippen LogP contribution is -2.48. The SMILES string of the molecule is CN1c2ccc(-c3ccc(F)cc3)cc2[C@@H]2[C@@H](CCN2C(=O)Cc2ccccn2)[C@H]1CO. The molecule has 0 bridgehead atoms. The predicted molar refractivity (Wildman–Crippen MR) is 122 cm³/mol. The first kappa shape index (κ1) is 20.6. The van der Waals surface area contributed by atoms with Gasteiger partial charge in [0, 0.05) is 37.1 Å². The van der Waals surface area contributed by atoms with Crippen molar-refractivity contribution >= 4 is 11.6 Å². The van der Waals surface area contributed by atoms with Crippen LogP contribution >= 0.6 is 0 Å². The van der Waals surface area contributed by atoms with Gasteiger partial charge in [0.1, 0.15) is 5.82 Å². The van der Waals surface area contributed by atoms with Crippen molar-refractivity contribution in [1.82, 2.24) is 9.88 Å². The van der Waals surface area contributed by atoms with Gasteiger partial charge in [0.05, 0.1) is 25.1 Å². The van der Waals surface area contributed by atoms with E-state index < -0.39 is 0 Å². The molecule has 32 heavy (non-hydrogen) atoms. The third-order valence-electron chi connectivity index (χ3n) is 6.91. The van der Waals surface area contributed by atoms with E-state index in [0.717, 1.165) is 34.5 Å². The molecule has 1 amide bonds. The summed E-state index contributed by atoms with van der Waals surface area (Å²) < 4.78 is 13.4. The van der Waals surface area contributed by atoms with Crippen LogP contribution in [0.3, 0.4) is 0 Å². The zero-order valence-corrected chi connectivity index (χ0v) is 18.0. The molecule has 6 heteroatoms. The first-order valence-electron chi connectivity index (χ1n) is 11.0. The van der Waals surface area contributed by atoms with E-state index in [9.17, 15) is 14.3 Å². The normalized spacial score (nSPS) is 21.9. The molecule has 0 radical (unpaired) electrons. The van der Waals surface area contributed by atoms with Gasteiger partial charge in [-0.05, 0) is 59.5 Å². The van der Waals surface area contributed by atoms with Crippen molar-refractivity contribution in [2.24, 2.45) is 5.92 Å². The van der Waals surface area contributed by atoms with Crippen molar-refractivity contribution in [3.63, 3.8) is 0 Å². The number of fused-ring (bicyclic) bond motifs is 3. The Balaban J connectivity index is 1.54. The van der Waals surface area contributed by atoms with Crippen LogP contribution < -0.4 is 4.90 Å². The number of nitrogens with zero attached hydrogens (tertiary/aromatic N) is 3. The number of carbonyl (C=O) groups is 1. The molecule has 1 aromatic heterocycles. The number of hydrogen-bond donors (Lipinski definition) is 1. The van der Waals surface area contributed by atoms with Gasteiger partial charge < -0.3 is 14.9 Å². The highest BCUT2D eigenvalue weighted by Crippen LogP contribution is 2.49. The molecule has 0 aliphatic carbocycles. The molecule has 1 N–H and O–H groups in total. The largest absolute Gasteiger partial charge is 0.394 e. The molecule has 3 aromatic rings. The van der Waals surface area contributed by atoms with Crippen molar-refractivity contribution in [1.29, 1.82) is 0 Å². The zero-order valence-electron chi connectivity index (χ0n) is 18.0. The first-order chi connectivity index (χ1) is 15.6. The van der Waals surface area contributed by atoms with E-state index in [2.05, 4.69) is 16.0 Å². The van der Waals surface area contributed by atoms with Crippen LogP contribution in [-0.2, 0) is 11.2 Å². The molecule has 2 aliphatic heterocycles. The van der Waals surface area contributed by atoms with E-state index in [-0.39, 0.29) is 42.8 Å². The standard InChI is InChI=1S/C26H26FN3O2/c1-29-23-10-7-18(17-5-8-19(27)9-6-17)14-22(23)26-21(24(29)16-31)11-13-30(26)25(32)15-20-4-2-3-12-28-20/h2-10,12,14,21,24,26,31H,11,13,15-16H2,1H3/t21-,24+,26-/m0/s1. The van der Waals surface area contributed by atoms with Crippen LogP contribution in [0.15, 0.2) is 66.9 Å². The van der Waals surface area contributed by atoms with E-state index >= 15 is 0 Å². The van der Waals surface area contributed by atoms with Crippen LogP contribution in [0.2, 0.25) is 0 Å². The fourth-order valence-corrected chi connectivity index (χ4v) is 5.31. The minimum atomic E-state index is -0.264. The first-order valence-corrected chi connectivity index (χ1v) is 11.0. The second kappa shape index (κ2) is 8.36. The molecule has 164 valence electrons. The molecule has 2 aromatic carbocycles. The highest BCUT2D eigenvalue weighted by Gasteiger charge is 2.47. The minimum absolute atomic E-state index is 0.0408. The number of hydrogen-bond acceptors (Lipinski definition) is 4. The Labute approximate surface area is 187 Å². The van der Waals surface area contributed by atoms with Crippen molar-refractivity contribution in [3.8, 4) is 11.1 Å². The summed E-state index contributed by atoms with van der Waals surface area (Å²) in [5.74, 6) is -0.0661. The number of likely N-dealkylation sites (tertiary alicyclic amines) is 1. The summed E-state index contributed by atoms with van der Waals surface area (Å²) in [7, 11) is 2.01. The highest BCUT2D eigenvalue weighted by atomic mass is 19.1. The Morgan fingerprint density at radius 1 is 1.12 bits per heavy atom. The average Bonchev–Trinajstić information content (AvgIpc) is 3.26. The van der Waals surface area contributed by atoms with Crippen LogP contribution in [0, 0.1) is 11.7 Å². The van der Waals surface area contributed by atoms with E-state index in [1.807, 2.05) is 42.3 Å². The van der Waals surface area contributed by atoms with Crippen LogP contribution in [0.4, 0.5) is 10.1 Å². The fourth-order valence-electron chi connectivity index (χ4n) is 5.31. The highest BCUT2D eigenvalue weighted by molar-refractivity contribution is 5.80. The van der Waals surface area contributed by atoms with Crippen molar-refractivity contribution < 1.29 is 14.3 Å². The number of benzene rings is 2. The summed E-state index contributed by atoms with van der Waals surface area (Å²) in [6.07, 6.45) is 2.81. The summed E-state index contributed by atoms with van der Waals surface area (Å²) in [6, 6.07) is 18.1. The van der Waals surface area contributed by atoms with Gasteiger partial charge in [-0.15, -0.1) is 0 Å². The summed E-state index contributed by atoms with van der Waals surface area (Å²) in [5.41, 5.74) is 4.78. The van der Waals surface area contributed by atoms with Crippen molar-refractivity contribution in [3.05, 3.63) is 83.9 Å². The van der Waals surface area contributed by atoms with Crippen LogP contribution in [0.25, 0.3) is 11.1 Å². The van der Waals surface area contributed by atoms with Crippen molar-refractivity contribution in [2.45, 2.75) is 24.9 Å². The molecule has 0 unspecified atom stereocenters. The van der Waals surface area contributed by atoms with E-state index in [1.165, 1.54) is 12.1 Å². The summed E-state index contributed by atoms with van der Waals surface area (Å²) in [6.45, 7) is 0.699. The number of anilines is 1. The van der Waals surface area contributed by atoms with Gasteiger partial charge in [-0.1, -0.05) is 24.3 Å². The Morgan fingerprint density at radius 2 is 1.91 bits per heavy atom. The topological polar surface area (TPSA) is 56.7 Å². The van der Waals surface area contributed by atoms with Gasteiger partial charge in [0.2, 0.25) is 5.91 Å². The zero-order chi connectivity index (χ0) is 22.2. The Hall–Kier alpha value is -3.25. The lowest BCUT2D eigenvalue weighted by Gasteiger charge is -2.44. The van der Waals surface area contributed by atoms with Gasteiger partial charge in [0.15, 0.2) is 0 Å². The van der Waals surface area contributed by atoms with Crippen molar-refractivity contribution in [2.75, 3.05) is 25.1 Å². The number of amides is 1. The number of aliphatic hydroxyl groups is 1. The summed E-state index contributed by atoms with van der Waals surface area (Å²) in [4.78, 5) is 21.7. The Kier molecular flexibility index (Phi) is 5.39. The summed E-state index contributed by atoms with van der Waals surface area (Å²) in [5, 5.41) is 10.2. The molecule has 5 rings (SSSR count). The third kappa shape index (κ3) is 3.54. The number of carbonyl (C=O) groups excluding carboxylic acids is 1. The number of pyridine rings is 1. The predicted octanol–water partition coefficient (Wildman–Crippen LogP) is 3.83. The average molecular weight is 432 g/mol. The Bertz CT molecular complexity index is 1120. The number of halogens is 1. The fraction of sp³-hybridized carbons (Fsp3) is 0.308. The van der Waals surface area contributed by atoms with Gasteiger partial charge in [0.25, 0.3) is 0 Å². The maximum atomic E-state index is 13.4. The molecule has 3 atom stereocenters. The second-order valence-electron chi connectivity index (χ2n) is 8.62. The van der Waals surface area contributed by atoms with Crippen LogP contribution in [0.5, 0.6) is 0 Å². The van der Waals surface area contributed by atoms with E-state index in [1.54, 1.807) is 18.3 Å². The third-order valence-corrected chi connectivity index (χ3v) is 6.91. The van der Waals surface area contributed by atoms with Gasteiger partial charge in [-0.2, -0.15) is 0 Å². The molecular formula is C26H26FN3O2. The van der Waals surface area contributed by atoms with Crippen LogP contribution in [0.1, 0.15) is 23.7 Å². The molecule has 0 saturated carbocycles. The van der Waals surface area contributed by atoms with E-state index in [0.29, 0.717) is 6.54 Å². The lowest BCUT2D eigenvalue weighted by atomic mass is 9.81. The number of rotatable bonds is 4. The van der Waals surface area contributed by atoms with Gasteiger partial charge in [-0.3, -0.25) is 9.78 Å². The number of aromatic nitrogens is 1. The van der Waals surface area contributed by atoms with Crippen LogP contribution in [-0.4, -0.2) is 47.1 Å². The minimum Gasteiger partial charge on any atom is -0.394 e. The molecule has 3 heterocycles. The maximum absolute atomic E-state index is 13.4. The van der Waals surface area contributed by atoms with Gasteiger partial charge in [-0.25, -0.2) is 4.39 Å². The van der Waals surface area contributed by atoms with E-state index in [4.69, 9.17) is 0 Å². The maximum Gasteiger partial charge on any atom is 0.229 e. The molecular weight excluding hydrogens is 405 g/mol. The molecule has 1 saturated heterocycles. The monoisotopic (exact) mass is 431 g/mol. The molecule has 2 aliphatic rings. The van der Waals surface area contributed by atoms with Gasteiger partial charge >= 0.3 is 0 Å². The quantitative estimate of drug-likeness (QED) is 0.682. The molecule has 1 fully saturated rings. The Morgan fingerprint density at radius 3 is 2.62 bits per heavy atom. The molecule has 0 spiro atoms.